The zero-order valence-electron chi connectivity index (χ0n) is 7.46. The van der Waals surface area contributed by atoms with Crippen LogP contribution in [0.3, 0.4) is 0 Å². The van der Waals surface area contributed by atoms with Crippen molar-refractivity contribution in [1.29, 1.82) is 0 Å². The number of rotatable bonds is 2. The molecule has 0 spiro atoms. The molecular weight excluding hydrogens is 156 g/mol. The van der Waals surface area contributed by atoms with Crippen molar-refractivity contribution in [3.63, 3.8) is 0 Å². The van der Waals surface area contributed by atoms with Crippen LogP contribution in [0, 0.1) is 0 Å². The Morgan fingerprint density at radius 2 is 2.18 bits per heavy atom. The molecule has 0 fully saturated rings. The van der Waals surface area contributed by atoms with Gasteiger partial charge in [0.2, 0.25) is 0 Å². The van der Waals surface area contributed by atoms with Crippen LogP contribution in [0.25, 0.3) is 0 Å². The maximum atomic E-state index is 4.20. The molecule has 11 heavy (non-hydrogen) atoms. The smallest absolute Gasteiger partial charge is 0.0968 e. The average Bonchev–Trinajstić information content (AvgIpc) is 2.30. The Morgan fingerprint density at radius 1 is 1.55 bits per heavy atom. The van der Waals surface area contributed by atoms with Gasteiger partial charge in [-0.05, 0) is 12.2 Å². The van der Waals surface area contributed by atoms with E-state index in [9.17, 15) is 0 Å². The Balaban J connectivity index is 3.05. The molecule has 1 aromatic heterocycles. The van der Waals surface area contributed by atoms with Crippen molar-refractivity contribution in [3.8, 4) is 0 Å². The highest BCUT2D eigenvalue weighted by molar-refractivity contribution is 7.98. The lowest BCUT2D eigenvalue weighted by Gasteiger charge is -2.04. The molecule has 3 heteroatoms. The molecule has 0 saturated carbocycles. The summed E-state index contributed by atoms with van der Waals surface area (Å²) >= 11 is 1.76. The second kappa shape index (κ2) is 3.30. The molecule has 2 nitrogen and oxygen atoms in total. The van der Waals surface area contributed by atoms with Gasteiger partial charge in [-0.2, -0.15) is 5.10 Å². The van der Waals surface area contributed by atoms with E-state index < -0.39 is 0 Å². The highest BCUT2D eigenvalue weighted by Crippen LogP contribution is 2.25. The molecule has 62 valence electrons. The van der Waals surface area contributed by atoms with Gasteiger partial charge in [0, 0.05) is 12.6 Å². The van der Waals surface area contributed by atoms with Crippen LogP contribution in [-0.2, 0) is 7.05 Å². The van der Waals surface area contributed by atoms with E-state index in [2.05, 4.69) is 25.2 Å². The van der Waals surface area contributed by atoms with Crippen LogP contribution in [0.2, 0.25) is 0 Å². The Morgan fingerprint density at radius 3 is 2.55 bits per heavy atom. The van der Waals surface area contributed by atoms with Gasteiger partial charge in [0.05, 0.1) is 11.2 Å². The summed E-state index contributed by atoms with van der Waals surface area (Å²) < 4.78 is 1.93. The first kappa shape index (κ1) is 8.65. The summed E-state index contributed by atoms with van der Waals surface area (Å²) in [6, 6.07) is 0. The quantitative estimate of drug-likeness (QED) is 0.634. The lowest BCUT2D eigenvalue weighted by atomic mass is 10.1. The van der Waals surface area contributed by atoms with Gasteiger partial charge < -0.3 is 0 Å². The van der Waals surface area contributed by atoms with Crippen LogP contribution >= 0.6 is 11.8 Å². The molecule has 0 aliphatic carbocycles. The molecule has 0 radical (unpaired) electrons. The van der Waals surface area contributed by atoms with Gasteiger partial charge >= 0.3 is 0 Å². The minimum Gasteiger partial charge on any atom is -0.262 e. The molecule has 0 unspecified atom stereocenters. The summed E-state index contributed by atoms with van der Waals surface area (Å²) in [5.74, 6) is 0.575. The third kappa shape index (κ3) is 1.59. The Bertz CT molecular complexity index is 240. The third-order valence-electron chi connectivity index (χ3n) is 1.73. The summed E-state index contributed by atoms with van der Waals surface area (Å²) in [6.07, 6.45) is 4.04. The van der Waals surface area contributed by atoms with Crippen LogP contribution < -0.4 is 0 Å². The predicted octanol–water partition coefficient (Wildman–Crippen LogP) is 2.27. The zero-order valence-corrected chi connectivity index (χ0v) is 8.27. The van der Waals surface area contributed by atoms with Gasteiger partial charge in [0.25, 0.3) is 0 Å². The largest absolute Gasteiger partial charge is 0.262 e. The minimum absolute atomic E-state index is 0.575. The maximum absolute atomic E-state index is 4.20. The van der Waals surface area contributed by atoms with Crippen molar-refractivity contribution in [3.05, 3.63) is 11.8 Å². The minimum atomic E-state index is 0.575. The zero-order chi connectivity index (χ0) is 8.43. The van der Waals surface area contributed by atoms with Gasteiger partial charge in [-0.15, -0.1) is 11.8 Å². The van der Waals surface area contributed by atoms with Crippen LogP contribution in [0.5, 0.6) is 0 Å². The molecular formula is C8H14N2S. The number of aryl methyl sites for hydroxylation is 1. The third-order valence-corrected chi connectivity index (χ3v) is 2.61. The molecule has 1 heterocycles. The van der Waals surface area contributed by atoms with Gasteiger partial charge in [-0.1, -0.05) is 13.8 Å². The highest BCUT2D eigenvalue weighted by atomic mass is 32.2. The van der Waals surface area contributed by atoms with Crippen molar-refractivity contribution < 1.29 is 0 Å². The normalized spacial score (nSPS) is 11.0. The second-order valence-electron chi connectivity index (χ2n) is 2.89. The summed E-state index contributed by atoms with van der Waals surface area (Å²) in [6.45, 7) is 4.38. The first-order valence-electron chi connectivity index (χ1n) is 3.72. The van der Waals surface area contributed by atoms with Crippen LogP contribution in [0.1, 0.15) is 25.3 Å². The Labute approximate surface area is 72.0 Å². The van der Waals surface area contributed by atoms with Crippen LogP contribution in [0.15, 0.2) is 11.2 Å². The van der Waals surface area contributed by atoms with E-state index in [0.29, 0.717) is 5.92 Å². The summed E-state index contributed by atoms with van der Waals surface area (Å²) in [4.78, 5) is 0. The van der Waals surface area contributed by atoms with Crippen LogP contribution in [-0.4, -0.2) is 16.0 Å². The topological polar surface area (TPSA) is 17.8 Å². The predicted molar refractivity (Wildman–Crippen MR) is 49.1 cm³/mol. The van der Waals surface area contributed by atoms with Gasteiger partial charge in [0.1, 0.15) is 0 Å². The van der Waals surface area contributed by atoms with E-state index in [1.54, 1.807) is 11.8 Å². The standard InChI is InChI=1S/C8H14N2S/c1-6(2)7-5-9-10(3)8(7)11-4/h5-6H,1-4H3. The maximum Gasteiger partial charge on any atom is 0.0968 e. The first-order chi connectivity index (χ1) is 5.16. The molecule has 0 aromatic carbocycles. The van der Waals surface area contributed by atoms with E-state index in [4.69, 9.17) is 0 Å². The number of aromatic nitrogens is 2. The lowest BCUT2D eigenvalue weighted by Crippen LogP contribution is -1.93. The molecule has 1 aromatic rings. The van der Waals surface area contributed by atoms with E-state index in [0.717, 1.165) is 0 Å². The molecule has 1 rings (SSSR count). The fraction of sp³-hybridized carbons (Fsp3) is 0.625. The monoisotopic (exact) mass is 170 g/mol. The summed E-state index contributed by atoms with van der Waals surface area (Å²) in [5, 5.41) is 5.48. The van der Waals surface area contributed by atoms with Crippen molar-refractivity contribution in [2.45, 2.75) is 24.8 Å². The first-order valence-corrected chi connectivity index (χ1v) is 4.95. The Hall–Kier alpha value is -0.440. The average molecular weight is 170 g/mol. The van der Waals surface area contributed by atoms with Crippen molar-refractivity contribution in [2.24, 2.45) is 7.05 Å². The van der Waals surface area contributed by atoms with Gasteiger partial charge in [0.15, 0.2) is 0 Å². The summed E-state index contributed by atoms with van der Waals surface area (Å²) in [7, 11) is 1.98. The lowest BCUT2D eigenvalue weighted by molar-refractivity contribution is 0.687. The summed E-state index contributed by atoms with van der Waals surface area (Å²) in [5.41, 5.74) is 1.35. The molecule has 0 aliphatic heterocycles. The number of thioether (sulfide) groups is 1. The van der Waals surface area contributed by atoms with Gasteiger partial charge in [-0.3, -0.25) is 4.68 Å². The molecule has 0 aliphatic rings. The van der Waals surface area contributed by atoms with Crippen molar-refractivity contribution in [2.75, 3.05) is 6.26 Å². The van der Waals surface area contributed by atoms with Crippen molar-refractivity contribution >= 4 is 11.8 Å². The molecule has 0 amide bonds. The molecule has 0 saturated heterocycles. The number of hydrogen-bond acceptors (Lipinski definition) is 2. The molecule has 0 bridgehead atoms. The second-order valence-corrected chi connectivity index (χ2v) is 3.68. The molecule has 0 N–H and O–H groups in total. The van der Waals surface area contributed by atoms with E-state index in [1.165, 1.54) is 10.6 Å². The fourth-order valence-corrected chi connectivity index (χ4v) is 1.92. The fourth-order valence-electron chi connectivity index (χ4n) is 1.09. The van der Waals surface area contributed by atoms with Crippen LogP contribution in [0.4, 0.5) is 0 Å². The molecule has 0 atom stereocenters. The van der Waals surface area contributed by atoms with E-state index in [1.807, 2.05) is 17.9 Å². The SMILES string of the molecule is CSc1c(C(C)C)cnn1C. The van der Waals surface area contributed by atoms with Gasteiger partial charge in [-0.25, -0.2) is 0 Å². The number of hydrogen-bond donors (Lipinski definition) is 0. The highest BCUT2D eigenvalue weighted by Gasteiger charge is 2.09. The van der Waals surface area contributed by atoms with E-state index in [-0.39, 0.29) is 0 Å². The number of nitrogens with zero attached hydrogens (tertiary/aromatic N) is 2. The van der Waals surface area contributed by atoms with Crippen molar-refractivity contribution in [1.82, 2.24) is 9.78 Å². The van der Waals surface area contributed by atoms with E-state index >= 15 is 0 Å². The Kier molecular flexibility index (Phi) is 2.60.